The van der Waals surface area contributed by atoms with E-state index in [4.69, 9.17) is 16.3 Å². The number of rotatable bonds is 4. The molecule has 1 aromatic rings. The van der Waals surface area contributed by atoms with Crippen molar-refractivity contribution in [2.45, 2.75) is 39.7 Å². The van der Waals surface area contributed by atoms with Gasteiger partial charge in [-0.3, -0.25) is 0 Å². The highest BCUT2D eigenvalue weighted by molar-refractivity contribution is 6.31. The number of fused-ring (bicyclic) bond motifs is 1. The summed E-state index contributed by atoms with van der Waals surface area (Å²) in [4.78, 5) is 0. The Balaban J connectivity index is 2.10. The van der Waals surface area contributed by atoms with Crippen molar-refractivity contribution < 1.29 is 4.74 Å². The Kier molecular flexibility index (Phi) is 4.52. The van der Waals surface area contributed by atoms with E-state index in [9.17, 15) is 0 Å². The second-order valence-electron chi connectivity index (χ2n) is 5.47. The number of hydrogen-bond acceptors (Lipinski definition) is 2. The third kappa shape index (κ3) is 3.18. The lowest BCUT2D eigenvalue weighted by Crippen LogP contribution is -2.28. The van der Waals surface area contributed by atoms with Gasteiger partial charge in [0.2, 0.25) is 0 Å². The van der Waals surface area contributed by atoms with E-state index in [1.165, 1.54) is 12.0 Å². The lowest BCUT2D eigenvalue weighted by Gasteiger charge is -2.27. The SMILES string of the molecule is Cc1cc2c(cc1Cl)C(NCCC(C)C)CCO2. The Labute approximate surface area is 115 Å². The summed E-state index contributed by atoms with van der Waals surface area (Å²) in [5.74, 6) is 1.73. The molecule has 1 aliphatic heterocycles. The number of halogens is 1. The van der Waals surface area contributed by atoms with Crippen LogP contribution in [0.15, 0.2) is 12.1 Å². The summed E-state index contributed by atoms with van der Waals surface area (Å²) in [5, 5.41) is 4.45. The summed E-state index contributed by atoms with van der Waals surface area (Å²) in [6.07, 6.45) is 2.22. The Morgan fingerprint density at radius 2 is 2.22 bits per heavy atom. The van der Waals surface area contributed by atoms with E-state index >= 15 is 0 Å². The van der Waals surface area contributed by atoms with E-state index in [1.54, 1.807) is 0 Å². The third-order valence-electron chi connectivity index (χ3n) is 3.44. The van der Waals surface area contributed by atoms with Gasteiger partial charge in [0, 0.05) is 23.0 Å². The van der Waals surface area contributed by atoms with Gasteiger partial charge in [0.25, 0.3) is 0 Å². The number of nitrogens with one attached hydrogen (secondary N) is 1. The number of benzene rings is 1. The van der Waals surface area contributed by atoms with Gasteiger partial charge in [-0.2, -0.15) is 0 Å². The van der Waals surface area contributed by atoms with Crippen LogP contribution in [0.4, 0.5) is 0 Å². The zero-order valence-electron chi connectivity index (χ0n) is 11.4. The Morgan fingerprint density at radius 1 is 1.44 bits per heavy atom. The topological polar surface area (TPSA) is 21.3 Å². The first-order valence-electron chi connectivity index (χ1n) is 6.74. The maximum atomic E-state index is 6.21. The minimum Gasteiger partial charge on any atom is -0.493 e. The molecule has 1 unspecified atom stereocenters. The molecule has 0 amide bonds. The van der Waals surface area contributed by atoms with Crippen LogP contribution in [0, 0.1) is 12.8 Å². The fraction of sp³-hybridized carbons (Fsp3) is 0.600. The van der Waals surface area contributed by atoms with Crippen molar-refractivity contribution in [1.82, 2.24) is 5.32 Å². The van der Waals surface area contributed by atoms with Crippen LogP contribution in [0.5, 0.6) is 5.75 Å². The molecule has 0 fully saturated rings. The number of ether oxygens (including phenoxy) is 1. The molecule has 2 nitrogen and oxygen atoms in total. The minimum atomic E-state index is 0.380. The first-order valence-corrected chi connectivity index (χ1v) is 7.12. The standard InChI is InChI=1S/C15H22ClNO/c1-10(2)4-6-17-14-5-7-18-15-8-11(3)13(16)9-12(14)15/h8-10,14,17H,4-7H2,1-3H3. The predicted octanol–water partition coefficient (Wildman–Crippen LogP) is 4.11. The summed E-state index contributed by atoms with van der Waals surface area (Å²) < 4.78 is 5.72. The molecule has 0 radical (unpaired) electrons. The van der Waals surface area contributed by atoms with Crippen LogP contribution >= 0.6 is 11.6 Å². The second-order valence-corrected chi connectivity index (χ2v) is 5.87. The first-order chi connectivity index (χ1) is 8.58. The van der Waals surface area contributed by atoms with Gasteiger partial charge in [0.05, 0.1) is 6.61 Å². The van der Waals surface area contributed by atoms with Crippen molar-refractivity contribution in [3.05, 3.63) is 28.3 Å². The normalized spacial score (nSPS) is 18.6. The second kappa shape index (κ2) is 5.94. The van der Waals surface area contributed by atoms with Crippen molar-refractivity contribution in [2.75, 3.05) is 13.2 Å². The number of hydrogen-bond donors (Lipinski definition) is 1. The molecule has 3 heteroatoms. The summed E-state index contributed by atoms with van der Waals surface area (Å²) >= 11 is 6.21. The van der Waals surface area contributed by atoms with Gasteiger partial charge >= 0.3 is 0 Å². The highest BCUT2D eigenvalue weighted by Crippen LogP contribution is 2.35. The van der Waals surface area contributed by atoms with Gasteiger partial charge < -0.3 is 10.1 Å². The van der Waals surface area contributed by atoms with E-state index in [1.807, 2.05) is 13.0 Å². The van der Waals surface area contributed by atoms with Crippen LogP contribution < -0.4 is 10.1 Å². The van der Waals surface area contributed by atoms with E-state index < -0.39 is 0 Å². The molecule has 1 heterocycles. The van der Waals surface area contributed by atoms with Crippen molar-refractivity contribution >= 4 is 11.6 Å². The summed E-state index contributed by atoms with van der Waals surface area (Å²) in [6, 6.07) is 4.48. The Hall–Kier alpha value is -0.730. The molecule has 0 bridgehead atoms. The summed E-state index contributed by atoms with van der Waals surface area (Å²) in [6.45, 7) is 8.35. The van der Waals surface area contributed by atoms with Crippen LogP contribution in [-0.4, -0.2) is 13.2 Å². The maximum Gasteiger partial charge on any atom is 0.124 e. The van der Waals surface area contributed by atoms with E-state index in [-0.39, 0.29) is 0 Å². The quantitative estimate of drug-likeness (QED) is 0.887. The molecular weight excluding hydrogens is 246 g/mol. The van der Waals surface area contributed by atoms with Crippen LogP contribution in [0.3, 0.4) is 0 Å². The van der Waals surface area contributed by atoms with Gasteiger partial charge in [-0.05, 0) is 43.5 Å². The van der Waals surface area contributed by atoms with Crippen LogP contribution in [0.2, 0.25) is 5.02 Å². The van der Waals surface area contributed by atoms with Gasteiger partial charge in [0.1, 0.15) is 5.75 Å². The maximum absolute atomic E-state index is 6.21. The molecule has 0 spiro atoms. The van der Waals surface area contributed by atoms with Gasteiger partial charge in [-0.15, -0.1) is 0 Å². The van der Waals surface area contributed by atoms with Gasteiger partial charge in [0.15, 0.2) is 0 Å². The van der Waals surface area contributed by atoms with E-state index in [2.05, 4.69) is 25.2 Å². The minimum absolute atomic E-state index is 0.380. The molecule has 1 N–H and O–H groups in total. The molecule has 100 valence electrons. The fourth-order valence-electron chi connectivity index (χ4n) is 2.27. The van der Waals surface area contributed by atoms with E-state index in [0.29, 0.717) is 6.04 Å². The van der Waals surface area contributed by atoms with E-state index in [0.717, 1.165) is 41.8 Å². The van der Waals surface area contributed by atoms with Crippen LogP contribution in [-0.2, 0) is 0 Å². The Morgan fingerprint density at radius 3 is 2.94 bits per heavy atom. The Bertz CT molecular complexity index is 417. The van der Waals surface area contributed by atoms with Crippen molar-refractivity contribution in [3.63, 3.8) is 0 Å². The molecule has 0 aliphatic carbocycles. The average molecular weight is 268 g/mol. The summed E-state index contributed by atoms with van der Waals surface area (Å²) in [5.41, 5.74) is 2.29. The average Bonchev–Trinajstić information content (AvgIpc) is 2.31. The predicted molar refractivity (Wildman–Crippen MR) is 76.5 cm³/mol. The third-order valence-corrected chi connectivity index (χ3v) is 3.85. The lowest BCUT2D eigenvalue weighted by atomic mass is 9.98. The van der Waals surface area contributed by atoms with Gasteiger partial charge in [-0.1, -0.05) is 25.4 Å². The fourth-order valence-corrected chi connectivity index (χ4v) is 2.44. The number of aryl methyl sites for hydroxylation is 1. The molecule has 0 saturated carbocycles. The highest BCUT2D eigenvalue weighted by atomic mass is 35.5. The zero-order chi connectivity index (χ0) is 13.1. The van der Waals surface area contributed by atoms with Crippen molar-refractivity contribution in [1.29, 1.82) is 0 Å². The first kappa shape index (κ1) is 13.7. The summed E-state index contributed by atoms with van der Waals surface area (Å²) in [7, 11) is 0. The molecular formula is C15H22ClNO. The van der Waals surface area contributed by atoms with Crippen molar-refractivity contribution in [3.8, 4) is 5.75 Å². The molecule has 0 aromatic heterocycles. The lowest BCUT2D eigenvalue weighted by molar-refractivity contribution is 0.251. The van der Waals surface area contributed by atoms with Crippen LogP contribution in [0.1, 0.15) is 43.9 Å². The molecule has 1 aromatic carbocycles. The largest absolute Gasteiger partial charge is 0.493 e. The molecule has 1 atom stereocenters. The molecule has 0 saturated heterocycles. The van der Waals surface area contributed by atoms with Crippen LogP contribution in [0.25, 0.3) is 0 Å². The molecule has 18 heavy (non-hydrogen) atoms. The highest BCUT2D eigenvalue weighted by Gasteiger charge is 2.22. The monoisotopic (exact) mass is 267 g/mol. The molecule has 2 rings (SSSR count). The molecule has 1 aliphatic rings. The smallest absolute Gasteiger partial charge is 0.124 e. The van der Waals surface area contributed by atoms with Gasteiger partial charge in [-0.25, -0.2) is 0 Å². The van der Waals surface area contributed by atoms with Crippen molar-refractivity contribution in [2.24, 2.45) is 5.92 Å². The zero-order valence-corrected chi connectivity index (χ0v) is 12.2.